The van der Waals surface area contributed by atoms with Gasteiger partial charge in [0.05, 0.1) is 0 Å². The van der Waals surface area contributed by atoms with Crippen LogP contribution in [-0.2, 0) is 22.6 Å². The van der Waals surface area contributed by atoms with Gasteiger partial charge in [0.2, 0.25) is 11.8 Å². The molecular formula is C18H21N3O2S. The highest BCUT2D eigenvalue weighted by Crippen LogP contribution is 2.26. The molecular weight excluding hydrogens is 322 g/mol. The molecule has 0 spiro atoms. The van der Waals surface area contributed by atoms with Gasteiger partial charge in [-0.2, -0.15) is 0 Å². The molecule has 5 nitrogen and oxygen atoms in total. The molecule has 0 radical (unpaired) electrons. The van der Waals surface area contributed by atoms with E-state index in [1.54, 1.807) is 11.1 Å². The Bertz CT molecular complexity index is 730. The van der Waals surface area contributed by atoms with E-state index < -0.39 is 6.04 Å². The van der Waals surface area contributed by atoms with Crippen molar-refractivity contribution in [3.63, 3.8) is 0 Å². The van der Waals surface area contributed by atoms with Gasteiger partial charge in [0.15, 0.2) is 5.13 Å². The number of fused-ring (bicyclic) bond motifs is 1. The maximum absolute atomic E-state index is 12.8. The number of hydrogen-bond donors (Lipinski definition) is 1. The highest BCUT2D eigenvalue weighted by Gasteiger charge is 2.36. The Morgan fingerprint density at radius 1 is 1.38 bits per heavy atom. The minimum absolute atomic E-state index is 0.0336. The number of nitrogens with zero attached hydrogens (tertiary/aromatic N) is 2. The second-order valence-electron chi connectivity index (χ2n) is 6.09. The number of carbonyl (C=O) groups excluding carboxylic acids is 2. The summed E-state index contributed by atoms with van der Waals surface area (Å²) in [4.78, 5) is 31.4. The van der Waals surface area contributed by atoms with Crippen LogP contribution in [0.2, 0.25) is 0 Å². The lowest BCUT2D eigenvalue weighted by atomic mass is 9.92. The molecule has 3 rings (SSSR count). The van der Waals surface area contributed by atoms with Crippen molar-refractivity contribution in [2.24, 2.45) is 5.92 Å². The highest BCUT2D eigenvalue weighted by molar-refractivity contribution is 7.13. The van der Waals surface area contributed by atoms with Crippen LogP contribution in [-0.4, -0.2) is 27.7 Å². The first-order chi connectivity index (χ1) is 11.6. The molecule has 1 aliphatic heterocycles. The van der Waals surface area contributed by atoms with Crippen LogP contribution in [0, 0.1) is 5.92 Å². The molecule has 0 fully saturated rings. The van der Waals surface area contributed by atoms with E-state index in [0.717, 1.165) is 17.5 Å². The predicted molar refractivity (Wildman–Crippen MR) is 94.7 cm³/mol. The quantitative estimate of drug-likeness (QED) is 0.928. The molecule has 6 heteroatoms. The van der Waals surface area contributed by atoms with Gasteiger partial charge in [0.1, 0.15) is 6.04 Å². The van der Waals surface area contributed by atoms with Gasteiger partial charge in [0.25, 0.3) is 0 Å². The molecule has 1 N–H and O–H groups in total. The molecule has 1 aliphatic rings. The molecule has 126 valence electrons. The van der Waals surface area contributed by atoms with Crippen molar-refractivity contribution in [1.82, 2.24) is 9.88 Å². The Labute approximate surface area is 145 Å². The average molecular weight is 343 g/mol. The van der Waals surface area contributed by atoms with Crippen LogP contribution < -0.4 is 5.32 Å². The Morgan fingerprint density at radius 2 is 2.12 bits per heavy atom. The van der Waals surface area contributed by atoms with Gasteiger partial charge in [-0.15, -0.1) is 11.3 Å². The second kappa shape index (κ2) is 7.13. The first-order valence-electron chi connectivity index (χ1n) is 8.17. The van der Waals surface area contributed by atoms with E-state index in [1.165, 1.54) is 11.3 Å². The maximum atomic E-state index is 12.8. The number of nitrogens with one attached hydrogen (secondary N) is 1. The van der Waals surface area contributed by atoms with Crippen molar-refractivity contribution in [1.29, 1.82) is 0 Å². The Kier molecular flexibility index (Phi) is 4.94. The average Bonchev–Trinajstić information content (AvgIpc) is 3.12. The van der Waals surface area contributed by atoms with E-state index >= 15 is 0 Å². The topological polar surface area (TPSA) is 62.3 Å². The standard InChI is InChI=1S/C18H21N3O2S/c1-3-12(2)17(23)21-11-14-7-5-4-6-13(14)10-15(21)16(22)20-18-19-8-9-24-18/h4-9,12,15H,3,10-11H2,1-2H3,(H,19,20,22)/t12-,15-/m0/s1. The van der Waals surface area contributed by atoms with Crippen molar-refractivity contribution in [2.45, 2.75) is 39.3 Å². The summed E-state index contributed by atoms with van der Waals surface area (Å²) in [5, 5.41) is 5.22. The Balaban J connectivity index is 1.87. The van der Waals surface area contributed by atoms with Gasteiger partial charge >= 0.3 is 0 Å². The number of benzene rings is 1. The third-order valence-corrected chi connectivity index (χ3v) is 5.22. The summed E-state index contributed by atoms with van der Waals surface area (Å²) in [7, 11) is 0. The van der Waals surface area contributed by atoms with Crippen LogP contribution >= 0.6 is 11.3 Å². The molecule has 2 amide bonds. The predicted octanol–water partition coefficient (Wildman–Crippen LogP) is 3.08. The molecule has 1 aromatic carbocycles. The SMILES string of the molecule is CC[C@H](C)C(=O)N1Cc2ccccc2C[C@H]1C(=O)Nc1nccs1. The van der Waals surface area contributed by atoms with E-state index in [4.69, 9.17) is 0 Å². The molecule has 1 aromatic heterocycles. The summed E-state index contributed by atoms with van der Waals surface area (Å²) >= 11 is 1.37. The molecule has 0 saturated carbocycles. The van der Waals surface area contributed by atoms with Crippen molar-refractivity contribution in [2.75, 3.05) is 5.32 Å². The zero-order chi connectivity index (χ0) is 17.1. The van der Waals surface area contributed by atoms with Gasteiger partial charge in [-0.25, -0.2) is 4.98 Å². The lowest BCUT2D eigenvalue weighted by molar-refractivity contribution is -0.143. The molecule has 2 aromatic rings. The van der Waals surface area contributed by atoms with Crippen molar-refractivity contribution >= 4 is 28.3 Å². The largest absolute Gasteiger partial charge is 0.326 e. The van der Waals surface area contributed by atoms with E-state index in [1.807, 2.05) is 43.5 Å². The smallest absolute Gasteiger partial charge is 0.249 e. The number of aromatic nitrogens is 1. The molecule has 0 aliphatic carbocycles. The minimum atomic E-state index is -0.495. The first-order valence-corrected chi connectivity index (χ1v) is 9.05. The molecule has 0 saturated heterocycles. The van der Waals surface area contributed by atoms with Gasteiger partial charge < -0.3 is 10.2 Å². The normalized spacial score (nSPS) is 17.9. The number of rotatable bonds is 4. The van der Waals surface area contributed by atoms with Gasteiger partial charge in [-0.1, -0.05) is 38.1 Å². The van der Waals surface area contributed by atoms with Gasteiger partial charge in [0, 0.05) is 30.5 Å². The summed E-state index contributed by atoms with van der Waals surface area (Å²) in [5.74, 6) is -0.229. The Hall–Kier alpha value is -2.21. The van der Waals surface area contributed by atoms with E-state index in [2.05, 4.69) is 10.3 Å². The molecule has 2 atom stereocenters. The zero-order valence-electron chi connectivity index (χ0n) is 13.9. The van der Waals surface area contributed by atoms with Crippen molar-refractivity contribution in [3.05, 3.63) is 47.0 Å². The lowest BCUT2D eigenvalue weighted by Gasteiger charge is -2.37. The number of thiazole rings is 1. The summed E-state index contributed by atoms with van der Waals surface area (Å²) in [5.41, 5.74) is 2.25. The molecule has 2 heterocycles. The monoisotopic (exact) mass is 343 g/mol. The fraction of sp³-hybridized carbons (Fsp3) is 0.389. The number of carbonyl (C=O) groups is 2. The molecule has 0 bridgehead atoms. The van der Waals surface area contributed by atoms with E-state index in [9.17, 15) is 9.59 Å². The van der Waals surface area contributed by atoms with Crippen LogP contribution in [0.3, 0.4) is 0 Å². The van der Waals surface area contributed by atoms with E-state index in [0.29, 0.717) is 18.1 Å². The third-order valence-electron chi connectivity index (χ3n) is 4.53. The van der Waals surface area contributed by atoms with Gasteiger partial charge in [-0.3, -0.25) is 9.59 Å². The van der Waals surface area contributed by atoms with E-state index in [-0.39, 0.29) is 17.7 Å². The number of amides is 2. The van der Waals surface area contributed by atoms with Crippen LogP contribution in [0.25, 0.3) is 0 Å². The molecule has 0 unspecified atom stereocenters. The summed E-state index contributed by atoms with van der Waals surface area (Å²) in [6.45, 7) is 4.39. The highest BCUT2D eigenvalue weighted by atomic mass is 32.1. The fourth-order valence-electron chi connectivity index (χ4n) is 2.92. The van der Waals surface area contributed by atoms with Crippen LogP contribution in [0.5, 0.6) is 0 Å². The Morgan fingerprint density at radius 3 is 2.79 bits per heavy atom. The van der Waals surface area contributed by atoms with Crippen LogP contribution in [0.1, 0.15) is 31.4 Å². The number of anilines is 1. The van der Waals surface area contributed by atoms with Crippen molar-refractivity contribution < 1.29 is 9.59 Å². The summed E-state index contributed by atoms with van der Waals surface area (Å²) < 4.78 is 0. The maximum Gasteiger partial charge on any atom is 0.249 e. The first kappa shape index (κ1) is 16.6. The number of hydrogen-bond acceptors (Lipinski definition) is 4. The third kappa shape index (κ3) is 3.33. The zero-order valence-corrected chi connectivity index (χ0v) is 14.7. The fourth-order valence-corrected chi connectivity index (χ4v) is 3.45. The van der Waals surface area contributed by atoms with Gasteiger partial charge in [-0.05, 0) is 17.5 Å². The summed E-state index contributed by atoms with van der Waals surface area (Å²) in [6.07, 6.45) is 2.95. The van der Waals surface area contributed by atoms with Crippen molar-refractivity contribution in [3.8, 4) is 0 Å². The summed E-state index contributed by atoms with van der Waals surface area (Å²) in [6, 6.07) is 7.51. The second-order valence-corrected chi connectivity index (χ2v) is 6.99. The van der Waals surface area contributed by atoms with Crippen LogP contribution in [0.15, 0.2) is 35.8 Å². The molecule has 24 heavy (non-hydrogen) atoms. The van der Waals surface area contributed by atoms with Crippen LogP contribution in [0.4, 0.5) is 5.13 Å². The minimum Gasteiger partial charge on any atom is -0.326 e. The lowest BCUT2D eigenvalue weighted by Crippen LogP contribution is -2.52.